The number of fused-ring (bicyclic) bond motifs is 2. The largest absolute Gasteiger partial charge is 0.444 e. The molecular weight excluding hydrogens is 1010 g/mol. The maximum Gasteiger partial charge on any atom is 0.413 e. The molecule has 0 spiro atoms. The van der Waals surface area contributed by atoms with Crippen LogP contribution in [0.1, 0.15) is 103 Å². The number of halogens is 2. The highest BCUT2D eigenvalue weighted by molar-refractivity contribution is 6.35. The summed E-state index contributed by atoms with van der Waals surface area (Å²) in [5, 5.41) is 21.1. The Morgan fingerprint density at radius 2 is 1.09 bits per heavy atom. The smallest absolute Gasteiger partial charge is 0.413 e. The lowest BCUT2D eigenvalue weighted by atomic mass is 10.1. The number of amides is 6. The second kappa shape index (κ2) is 24.2. The minimum atomic E-state index is -1.03. The number of ether oxygens (including phenoxy) is 2. The minimum Gasteiger partial charge on any atom is -0.444 e. The van der Waals surface area contributed by atoms with Crippen molar-refractivity contribution in [2.75, 3.05) is 10.6 Å². The number of hydrogen-bond acceptors (Lipinski definition) is 15. The van der Waals surface area contributed by atoms with Gasteiger partial charge in [0.1, 0.15) is 22.8 Å². The van der Waals surface area contributed by atoms with Gasteiger partial charge >= 0.3 is 35.8 Å². The molecule has 6 N–H and O–H groups in total. The molecule has 392 valence electrons. The molecule has 0 radical (unpaired) electrons. The van der Waals surface area contributed by atoms with Crippen molar-refractivity contribution in [1.82, 2.24) is 51.6 Å². The summed E-state index contributed by atoms with van der Waals surface area (Å²) in [5.41, 5.74) is 10.5. The Kier molecular flexibility index (Phi) is 18.0. The number of benzene rings is 2. The number of rotatable bonds is 11. The standard InChI is InChI=1S/C26H29ClN6O5.C26H27ClN6O4/c1-14-8-21(31-25(37)38-26(3,4)5)30-15(2)19(14)13-29-23(35)24(36)33-32-22(34)10-16-6-7-20-17(9-16)11-18(27)12-28-20;1-14-8-21(31-25(35)37-26(3,4)5)30-15(2)19(14)13-29-23(34)24-33-32-22(36-24)10-16-6-7-20-17(9-16)11-18(27)12-28-20/h6-9,11-12H,10,13H2,1-5H3,(H,29,35)(H,32,34)(H,33,36)(H,30,31,37);6-9,11-12H,10,13H2,1-5H3,(H,29,34)(H,30,31,35). The van der Waals surface area contributed by atoms with Gasteiger partial charge in [0.2, 0.25) is 11.8 Å². The zero-order valence-electron chi connectivity index (χ0n) is 42.9. The molecule has 6 amide bonds. The summed E-state index contributed by atoms with van der Waals surface area (Å²) in [6, 6.07) is 17.9. The molecule has 0 aliphatic heterocycles. The molecule has 5 aromatic heterocycles. The molecule has 0 unspecified atom stereocenters. The molecule has 7 aromatic rings. The van der Waals surface area contributed by atoms with Gasteiger partial charge in [-0.2, -0.15) is 0 Å². The van der Waals surface area contributed by atoms with Gasteiger partial charge in [-0.3, -0.25) is 50.6 Å². The molecule has 0 atom stereocenters. The lowest BCUT2D eigenvalue weighted by molar-refractivity contribution is -0.140. The van der Waals surface area contributed by atoms with Crippen LogP contribution in [0.4, 0.5) is 21.2 Å². The normalized spacial score (nSPS) is 11.2. The molecule has 0 aliphatic rings. The van der Waals surface area contributed by atoms with Gasteiger partial charge in [-0.25, -0.2) is 19.6 Å². The second-order valence-electron chi connectivity index (χ2n) is 19.1. The van der Waals surface area contributed by atoms with Crippen molar-refractivity contribution in [3.8, 4) is 0 Å². The van der Waals surface area contributed by atoms with Gasteiger partial charge in [-0.15, -0.1) is 10.2 Å². The van der Waals surface area contributed by atoms with E-state index < -0.39 is 47.0 Å². The molecule has 75 heavy (non-hydrogen) atoms. The number of carbonyl (C=O) groups excluding carboxylic acids is 6. The van der Waals surface area contributed by atoms with Gasteiger partial charge in [0.15, 0.2) is 0 Å². The molecule has 21 nitrogen and oxygen atoms in total. The van der Waals surface area contributed by atoms with Crippen molar-refractivity contribution in [1.29, 1.82) is 0 Å². The minimum absolute atomic E-state index is 0.0191. The van der Waals surface area contributed by atoms with E-state index in [-0.39, 0.29) is 25.4 Å². The van der Waals surface area contributed by atoms with Crippen molar-refractivity contribution in [3.05, 3.63) is 140 Å². The molecule has 2 aromatic carbocycles. The Morgan fingerprint density at radius 1 is 0.600 bits per heavy atom. The van der Waals surface area contributed by atoms with Crippen molar-refractivity contribution < 1.29 is 42.7 Å². The van der Waals surface area contributed by atoms with E-state index in [1.165, 1.54) is 6.20 Å². The van der Waals surface area contributed by atoms with Crippen LogP contribution in [0.5, 0.6) is 0 Å². The highest BCUT2D eigenvalue weighted by Gasteiger charge is 2.21. The Morgan fingerprint density at radius 3 is 1.60 bits per heavy atom. The highest BCUT2D eigenvalue weighted by atomic mass is 35.5. The Balaban J connectivity index is 0.000000244. The van der Waals surface area contributed by atoms with Crippen LogP contribution in [0, 0.1) is 27.7 Å². The number of carbonyl (C=O) groups is 6. The second-order valence-corrected chi connectivity index (χ2v) is 20.0. The van der Waals surface area contributed by atoms with E-state index in [2.05, 4.69) is 62.3 Å². The summed E-state index contributed by atoms with van der Waals surface area (Å²) in [6.45, 7) is 18.0. The van der Waals surface area contributed by atoms with Crippen molar-refractivity contribution >= 4 is 92.5 Å². The fourth-order valence-electron chi connectivity index (χ4n) is 7.22. The maximum absolute atomic E-state index is 12.6. The molecule has 7 rings (SSSR count). The van der Waals surface area contributed by atoms with Crippen LogP contribution in [0.2, 0.25) is 10.0 Å². The number of anilines is 2. The fraction of sp³-hybridized carbons (Fsp3) is 0.308. The Bertz CT molecular complexity index is 3270. The van der Waals surface area contributed by atoms with Crippen LogP contribution < -0.4 is 32.1 Å². The van der Waals surface area contributed by atoms with E-state index in [9.17, 15) is 28.8 Å². The number of hydrogen-bond donors (Lipinski definition) is 6. The van der Waals surface area contributed by atoms with Gasteiger partial charge in [0, 0.05) is 47.6 Å². The molecule has 23 heteroatoms. The van der Waals surface area contributed by atoms with Crippen LogP contribution in [-0.2, 0) is 49.8 Å². The number of aromatic nitrogens is 6. The first kappa shape index (κ1) is 56.0. The first-order valence-corrected chi connectivity index (χ1v) is 24.0. The van der Waals surface area contributed by atoms with E-state index in [0.717, 1.165) is 44.1 Å². The average Bonchev–Trinajstić information content (AvgIpc) is 3.77. The van der Waals surface area contributed by atoms with Gasteiger partial charge in [0.05, 0.1) is 33.9 Å². The van der Waals surface area contributed by atoms with Crippen LogP contribution >= 0.6 is 23.2 Å². The van der Waals surface area contributed by atoms with Crippen molar-refractivity contribution in [3.63, 3.8) is 0 Å². The number of pyridine rings is 4. The highest BCUT2D eigenvalue weighted by Crippen LogP contribution is 2.23. The number of nitrogens with one attached hydrogen (secondary N) is 6. The quantitative estimate of drug-likeness (QED) is 0.0524. The predicted molar refractivity (Wildman–Crippen MR) is 281 cm³/mol. The maximum atomic E-state index is 12.6. The zero-order chi connectivity index (χ0) is 54.8. The summed E-state index contributed by atoms with van der Waals surface area (Å²) >= 11 is 12.0. The average molecular weight is 1060 g/mol. The molecule has 0 aliphatic carbocycles. The lowest BCUT2D eigenvalue weighted by Crippen LogP contribution is -2.48. The van der Waals surface area contributed by atoms with E-state index in [0.29, 0.717) is 56.5 Å². The van der Waals surface area contributed by atoms with Crippen LogP contribution in [0.15, 0.2) is 77.5 Å². The SMILES string of the molecule is Cc1cc(NC(=O)OC(C)(C)C)nc(C)c1CNC(=O)C(=O)NNC(=O)Cc1ccc2ncc(Cl)cc2c1.Cc1cc(NC(=O)OC(C)(C)C)nc(C)c1CNC(=O)c1nnc(Cc2ccc3ncc(Cl)cc3c2)o1. The van der Waals surface area contributed by atoms with E-state index >= 15 is 0 Å². The number of aryl methyl sites for hydroxylation is 4. The van der Waals surface area contributed by atoms with E-state index in [1.807, 2.05) is 31.2 Å². The van der Waals surface area contributed by atoms with Crippen LogP contribution in [0.3, 0.4) is 0 Å². The first-order chi connectivity index (χ1) is 35.3. The zero-order valence-corrected chi connectivity index (χ0v) is 44.4. The summed E-state index contributed by atoms with van der Waals surface area (Å²) in [4.78, 5) is 90.5. The first-order valence-electron chi connectivity index (χ1n) is 23.3. The lowest BCUT2D eigenvalue weighted by Gasteiger charge is -2.20. The number of hydrazine groups is 1. The molecule has 5 heterocycles. The third-order valence-corrected chi connectivity index (χ3v) is 11.0. The molecule has 0 bridgehead atoms. The van der Waals surface area contributed by atoms with E-state index in [4.69, 9.17) is 37.1 Å². The molecule has 0 saturated carbocycles. The fourth-order valence-corrected chi connectivity index (χ4v) is 7.55. The monoisotopic (exact) mass is 1060 g/mol. The van der Waals surface area contributed by atoms with Crippen LogP contribution in [-0.4, -0.2) is 77.2 Å². The van der Waals surface area contributed by atoms with Crippen LogP contribution in [0.25, 0.3) is 21.8 Å². The topological polar surface area (TPSA) is 284 Å². The molecule has 0 fully saturated rings. The summed E-state index contributed by atoms with van der Waals surface area (Å²) in [7, 11) is 0. The van der Waals surface area contributed by atoms with Gasteiger partial charge in [-0.1, -0.05) is 35.3 Å². The number of nitrogens with zero attached hydrogens (tertiary/aromatic N) is 6. The predicted octanol–water partition coefficient (Wildman–Crippen LogP) is 8.40. The third-order valence-electron chi connectivity index (χ3n) is 10.5. The summed E-state index contributed by atoms with van der Waals surface area (Å²) in [5.74, 6) is -2.13. The third kappa shape index (κ3) is 16.9. The van der Waals surface area contributed by atoms with Crippen molar-refractivity contribution in [2.24, 2.45) is 0 Å². The van der Waals surface area contributed by atoms with Gasteiger partial charge in [0.25, 0.3) is 0 Å². The summed E-state index contributed by atoms with van der Waals surface area (Å²) in [6.07, 6.45) is 2.24. The van der Waals surface area contributed by atoms with Gasteiger partial charge in [-0.05, 0) is 151 Å². The Labute approximate surface area is 441 Å². The van der Waals surface area contributed by atoms with Gasteiger partial charge < -0.3 is 24.5 Å². The summed E-state index contributed by atoms with van der Waals surface area (Å²) < 4.78 is 16.1. The molecular formula is C52H56Cl2N12O9. The van der Waals surface area contributed by atoms with Crippen molar-refractivity contribution in [2.45, 2.75) is 106 Å². The van der Waals surface area contributed by atoms with E-state index in [1.54, 1.807) is 105 Å². The Hall–Kier alpha value is -8.30. The molecule has 0 saturated heterocycles.